The summed E-state index contributed by atoms with van der Waals surface area (Å²) in [6, 6.07) is 4.18. The van der Waals surface area contributed by atoms with Crippen LogP contribution in [-0.4, -0.2) is 50.7 Å². The molecule has 0 aliphatic heterocycles. The van der Waals surface area contributed by atoms with Crippen molar-refractivity contribution in [1.29, 1.82) is 0 Å². The van der Waals surface area contributed by atoms with Gasteiger partial charge in [0.15, 0.2) is 0 Å². The molecular weight excluding hydrogens is 436 g/mol. The molecule has 8 nitrogen and oxygen atoms in total. The molecule has 4 aromatic rings. The number of aryl methyl sites for hydroxylation is 1. The second kappa shape index (κ2) is 8.62. The molecule has 0 bridgehead atoms. The standard InChI is InChI=1S/C24H28N6O2S/c1-5-32-19-10-17-15(11-27-29-17)8-18(19)28-22-21-16-7-6-14(24(31)30(4)13(2)3)9-20(16)33-23(21)26-12-25-22/h8,10-14H,5-7,9H2,1-4H3,(H,27,29)(H,25,26,28). The van der Waals surface area contributed by atoms with Crippen LogP contribution in [0.3, 0.4) is 0 Å². The molecule has 9 heteroatoms. The Labute approximate surface area is 196 Å². The van der Waals surface area contributed by atoms with Crippen LogP contribution in [-0.2, 0) is 17.6 Å². The van der Waals surface area contributed by atoms with E-state index in [2.05, 4.69) is 39.3 Å². The number of H-pyrrole nitrogens is 1. The molecule has 0 spiro atoms. The number of nitrogens with one attached hydrogen (secondary N) is 2. The molecule has 0 saturated heterocycles. The summed E-state index contributed by atoms with van der Waals surface area (Å²) in [5.41, 5.74) is 3.02. The van der Waals surface area contributed by atoms with E-state index in [1.165, 1.54) is 10.4 Å². The number of aromatic amines is 1. The molecule has 3 heterocycles. The smallest absolute Gasteiger partial charge is 0.226 e. The fourth-order valence-electron chi connectivity index (χ4n) is 4.43. The Morgan fingerprint density at radius 2 is 2.21 bits per heavy atom. The van der Waals surface area contributed by atoms with Crippen LogP contribution in [0.15, 0.2) is 24.7 Å². The maximum atomic E-state index is 12.9. The van der Waals surface area contributed by atoms with Gasteiger partial charge in [0, 0.05) is 35.3 Å². The Morgan fingerprint density at radius 1 is 1.36 bits per heavy atom. The molecule has 1 atom stereocenters. The molecule has 1 aliphatic carbocycles. The molecule has 5 rings (SSSR count). The van der Waals surface area contributed by atoms with Crippen LogP contribution in [0.4, 0.5) is 11.5 Å². The third kappa shape index (κ3) is 3.90. The summed E-state index contributed by atoms with van der Waals surface area (Å²) < 4.78 is 5.88. The third-order valence-electron chi connectivity index (χ3n) is 6.41. The predicted molar refractivity (Wildman–Crippen MR) is 131 cm³/mol. The molecule has 33 heavy (non-hydrogen) atoms. The zero-order valence-corrected chi connectivity index (χ0v) is 20.1. The Morgan fingerprint density at radius 3 is 3.00 bits per heavy atom. The zero-order chi connectivity index (χ0) is 23.1. The number of aromatic nitrogens is 4. The monoisotopic (exact) mass is 464 g/mol. The van der Waals surface area contributed by atoms with Crippen molar-refractivity contribution < 1.29 is 9.53 Å². The highest BCUT2D eigenvalue weighted by Crippen LogP contribution is 2.42. The van der Waals surface area contributed by atoms with Crippen molar-refractivity contribution in [3.05, 3.63) is 35.1 Å². The van der Waals surface area contributed by atoms with Crippen molar-refractivity contribution in [1.82, 2.24) is 25.1 Å². The van der Waals surface area contributed by atoms with E-state index in [0.29, 0.717) is 6.61 Å². The van der Waals surface area contributed by atoms with Crippen LogP contribution in [0.1, 0.15) is 37.6 Å². The van der Waals surface area contributed by atoms with Gasteiger partial charge in [-0.1, -0.05) is 0 Å². The highest BCUT2D eigenvalue weighted by atomic mass is 32.1. The van der Waals surface area contributed by atoms with Gasteiger partial charge in [-0.25, -0.2) is 9.97 Å². The van der Waals surface area contributed by atoms with E-state index in [-0.39, 0.29) is 17.9 Å². The number of hydrogen-bond donors (Lipinski definition) is 2. The third-order valence-corrected chi connectivity index (χ3v) is 7.57. The summed E-state index contributed by atoms with van der Waals surface area (Å²) in [6.07, 6.45) is 5.84. The Kier molecular flexibility index (Phi) is 5.65. The molecule has 1 unspecified atom stereocenters. The number of anilines is 2. The summed E-state index contributed by atoms with van der Waals surface area (Å²) in [5.74, 6) is 1.76. The fraction of sp³-hybridized carbons (Fsp3) is 0.417. The van der Waals surface area contributed by atoms with E-state index >= 15 is 0 Å². The van der Waals surface area contributed by atoms with Crippen molar-refractivity contribution in [3.63, 3.8) is 0 Å². The van der Waals surface area contributed by atoms with Gasteiger partial charge < -0.3 is 15.0 Å². The lowest BCUT2D eigenvalue weighted by Gasteiger charge is -2.29. The number of hydrogen-bond acceptors (Lipinski definition) is 7. The van der Waals surface area contributed by atoms with Crippen LogP contribution in [0.2, 0.25) is 0 Å². The summed E-state index contributed by atoms with van der Waals surface area (Å²) in [7, 11) is 1.90. The first-order valence-electron chi connectivity index (χ1n) is 11.3. The molecule has 172 valence electrons. The summed E-state index contributed by atoms with van der Waals surface area (Å²) in [4.78, 5) is 26.1. The van der Waals surface area contributed by atoms with Gasteiger partial charge in [0.05, 0.1) is 29.4 Å². The van der Waals surface area contributed by atoms with Gasteiger partial charge in [-0.2, -0.15) is 5.10 Å². The van der Waals surface area contributed by atoms with Crippen molar-refractivity contribution in [2.24, 2.45) is 5.92 Å². The van der Waals surface area contributed by atoms with Crippen molar-refractivity contribution in [2.75, 3.05) is 19.0 Å². The largest absolute Gasteiger partial charge is 0.492 e. The maximum absolute atomic E-state index is 12.9. The number of fused-ring (bicyclic) bond motifs is 4. The molecule has 2 N–H and O–H groups in total. The number of benzene rings is 1. The first-order chi connectivity index (χ1) is 16.0. The average molecular weight is 465 g/mol. The molecule has 1 amide bonds. The van der Waals surface area contributed by atoms with E-state index in [4.69, 9.17) is 4.74 Å². The van der Waals surface area contributed by atoms with Gasteiger partial charge >= 0.3 is 0 Å². The Balaban J connectivity index is 1.50. The lowest BCUT2D eigenvalue weighted by molar-refractivity contribution is -0.136. The number of carbonyl (C=O) groups is 1. The molecule has 3 aromatic heterocycles. The normalized spacial score (nSPS) is 15.7. The van der Waals surface area contributed by atoms with Gasteiger partial charge in [0.1, 0.15) is 22.7 Å². The summed E-state index contributed by atoms with van der Waals surface area (Å²) >= 11 is 1.68. The molecule has 0 fully saturated rings. The quantitative estimate of drug-likeness (QED) is 0.430. The average Bonchev–Trinajstić information content (AvgIpc) is 3.41. The van der Waals surface area contributed by atoms with Gasteiger partial charge in [-0.3, -0.25) is 9.89 Å². The highest BCUT2D eigenvalue weighted by molar-refractivity contribution is 7.19. The lowest BCUT2D eigenvalue weighted by atomic mass is 9.86. The predicted octanol–water partition coefficient (Wildman–Crippen LogP) is 4.68. The minimum absolute atomic E-state index is 0.0235. The van der Waals surface area contributed by atoms with Gasteiger partial charge in [0.2, 0.25) is 5.91 Å². The number of thiophene rings is 1. The number of ether oxygens (including phenoxy) is 1. The van der Waals surface area contributed by atoms with E-state index in [9.17, 15) is 4.79 Å². The molecule has 1 aliphatic rings. The maximum Gasteiger partial charge on any atom is 0.226 e. The van der Waals surface area contributed by atoms with Crippen LogP contribution in [0.5, 0.6) is 5.75 Å². The van der Waals surface area contributed by atoms with E-state index in [0.717, 1.165) is 57.6 Å². The highest BCUT2D eigenvalue weighted by Gasteiger charge is 2.31. The van der Waals surface area contributed by atoms with Crippen LogP contribution in [0, 0.1) is 5.92 Å². The number of nitrogens with zero attached hydrogens (tertiary/aromatic N) is 4. The first kappa shape index (κ1) is 21.6. The molecule has 0 radical (unpaired) electrons. The van der Waals surface area contributed by atoms with E-state index in [1.54, 1.807) is 23.9 Å². The van der Waals surface area contributed by atoms with Crippen molar-refractivity contribution in [3.8, 4) is 5.75 Å². The molecule has 1 aromatic carbocycles. The second-order valence-electron chi connectivity index (χ2n) is 8.75. The van der Waals surface area contributed by atoms with Crippen LogP contribution < -0.4 is 10.1 Å². The second-order valence-corrected chi connectivity index (χ2v) is 9.84. The van der Waals surface area contributed by atoms with Crippen LogP contribution >= 0.6 is 11.3 Å². The number of rotatable bonds is 6. The SMILES string of the molecule is CCOc1cc2[nH]ncc2cc1Nc1ncnc2sc3c(c12)CCC(C(=O)N(C)C(C)C)C3. The van der Waals surface area contributed by atoms with Gasteiger partial charge in [-0.05, 0) is 51.7 Å². The van der Waals surface area contributed by atoms with Gasteiger partial charge in [0.25, 0.3) is 0 Å². The Hall–Kier alpha value is -3.20. The topological polar surface area (TPSA) is 96.0 Å². The first-order valence-corrected chi connectivity index (χ1v) is 12.2. The summed E-state index contributed by atoms with van der Waals surface area (Å²) in [6.45, 7) is 6.63. The minimum atomic E-state index is 0.0235. The van der Waals surface area contributed by atoms with Gasteiger partial charge in [-0.15, -0.1) is 11.3 Å². The number of amides is 1. The minimum Gasteiger partial charge on any atom is -0.492 e. The van der Waals surface area contributed by atoms with Crippen molar-refractivity contribution >= 4 is 49.9 Å². The van der Waals surface area contributed by atoms with Crippen LogP contribution in [0.25, 0.3) is 21.1 Å². The van der Waals surface area contributed by atoms with Crippen molar-refractivity contribution in [2.45, 2.75) is 46.1 Å². The zero-order valence-electron chi connectivity index (χ0n) is 19.3. The fourth-order valence-corrected chi connectivity index (χ4v) is 5.70. The Bertz CT molecular complexity index is 1330. The number of carbonyl (C=O) groups excluding carboxylic acids is 1. The molecule has 0 saturated carbocycles. The lowest BCUT2D eigenvalue weighted by Crippen LogP contribution is -2.39. The van der Waals surface area contributed by atoms with E-state index in [1.807, 2.05) is 31.0 Å². The molecular formula is C24H28N6O2S. The summed E-state index contributed by atoms with van der Waals surface area (Å²) in [5, 5.41) is 12.7. The van der Waals surface area contributed by atoms with E-state index < -0.39 is 0 Å².